The van der Waals surface area contributed by atoms with Crippen molar-refractivity contribution in [3.8, 4) is 0 Å². The van der Waals surface area contributed by atoms with Crippen LogP contribution in [0.25, 0.3) is 0 Å². The molecule has 1 amide bonds. The number of hydrogen-bond donors (Lipinski definition) is 0. The fourth-order valence-corrected chi connectivity index (χ4v) is 9.63. The molecule has 0 spiro atoms. The van der Waals surface area contributed by atoms with Crippen molar-refractivity contribution in [1.29, 1.82) is 0 Å². The van der Waals surface area contributed by atoms with E-state index in [-0.39, 0.29) is 35.0 Å². The van der Waals surface area contributed by atoms with Gasteiger partial charge >= 0.3 is 0 Å². The Bertz CT molecular complexity index is 1550. The Morgan fingerprint density at radius 2 is 1.58 bits per heavy atom. The van der Waals surface area contributed by atoms with Crippen molar-refractivity contribution in [3.63, 3.8) is 0 Å². The largest absolute Gasteiger partial charge is 0.416 e. The van der Waals surface area contributed by atoms with Crippen LogP contribution in [0.1, 0.15) is 85.4 Å². The van der Waals surface area contributed by atoms with Crippen LogP contribution in [0.3, 0.4) is 0 Å². The molecule has 2 atom stereocenters. The molecule has 1 aliphatic carbocycles. The van der Waals surface area contributed by atoms with E-state index in [4.69, 9.17) is 32.6 Å². The number of rotatable bonds is 11. The monoisotopic (exact) mass is 728 g/mol. The SMILES string of the molecule is CC(C)C1=C(C(=O)N(C(C)C)C2CC(N(C)CCO[Si](C)(C)C(C)(C)C)C2)SC2=N[C@@](C)(c3ccc(Cl)cc3)[C@@H](c3ccc(Cl)cc3)N21. The fraction of sp³-hybridized carbons (Fsp3) is 0.579. The average molecular weight is 730 g/mol. The van der Waals surface area contributed by atoms with Gasteiger partial charge in [-0.1, -0.05) is 82.1 Å². The molecule has 6 nitrogen and oxygen atoms in total. The number of aliphatic imine (C=N–C) groups is 1. The number of carbonyl (C=O) groups is 1. The third kappa shape index (κ3) is 7.17. The predicted molar refractivity (Wildman–Crippen MR) is 206 cm³/mol. The molecule has 0 radical (unpaired) electrons. The standard InChI is InChI=1S/C38H54Cl2N4O2SSi/c1-24(2)32-33(35(45)43(25(3)4)31-22-30(23-31)42(9)20-21-46-48(10,11)37(5,6)7)47-36-41-38(8,27-14-18-29(40)19-15-27)34(44(32)36)26-12-16-28(39)17-13-26/h12-19,24-25,30-31,34H,20-23H2,1-11H3/t30?,31?,34-,38+/m1/s1. The summed E-state index contributed by atoms with van der Waals surface area (Å²) in [6.07, 6.45) is 1.95. The Balaban J connectivity index is 1.39. The van der Waals surface area contributed by atoms with E-state index < -0.39 is 13.9 Å². The van der Waals surface area contributed by atoms with Gasteiger partial charge in [-0.25, -0.2) is 4.99 Å². The van der Waals surface area contributed by atoms with Gasteiger partial charge in [0.2, 0.25) is 0 Å². The zero-order chi connectivity index (χ0) is 35.3. The molecule has 5 rings (SSSR count). The van der Waals surface area contributed by atoms with E-state index in [0.29, 0.717) is 16.1 Å². The molecule has 2 aromatic rings. The van der Waals surface area contributed by atoms with E-state index in [2.05, 4.69) is 114 Å². The molecule has 1 saturated carbocycles. The van der Waals surface area contributed by atoms with E-state index in [1.807, 2.05) is 24.3 Å². The first-order chi connectivity index (χ1) is 22.4. The maximum Gasteiger partial charge on any atom is 0.263 e. The smallest absolute Gasteiger partial charge is 0.263 e. The summed E-state index contributed by atoms with van der Waals surface area (Å²) in [5, 5.41) is 2.46. The number of allylic oxidation sites excluding steroid dienone is 1. The van der Waals surface area contributed by atoms with Crippen LogP contribution < -0.4 is 0 Å². The first kappa shape index (κ1) is 37.4. The van der Waals surface area contributed by atoms with Gasteiger partial charge in [0.15, 0.2) is 13.5 Å². The summed E-state index contributed by atoms with van der Waals surface area (Å²) in [6, 6.07) is 16.6. The summed E-state index contributed by atoms with van der Waals surface area (Å²) in [5.74, 6) is 0.230. The molecule has 0 saturated heterocycles. The second-order valence-electron chi connectivity index (χ2n) is 16.0. The van der Waals surface area contributed by atoms with Crippen molar-refractivity contribution in [1.82, 2.24) is 14.7 Å². The van der Waals surface area contributed by atoms with Crippen LogP contribution in [0.5, 0.6) is 0 Å². The first-order valence-electron chi connectivity index (χ1n) is 17.3. The van der Waals surface area contributed by atoms with Gasteiger partial charge in [-0.05, 0) is 112 Å². The summed E-state index contributed by atoms with van der Waals surface area (Å²) in [4.78, 5) is 27.8. The molecule has 1 fully saturated rings. The first-order valence-corrected chi connectivity index (χ1v) is 21.8. The summed E-state index contributed by atoms with van der Waals surface area (Å²) >= 11 is 14.2. The van der Waals surface area contributed by atoms with Gasteiger partial charge in [0.25, 0.3) is 5.91 Å². The lowest BCUT2D eigenvalue weighted by atomic mass is 9.81. The quantitative estimate of drug-likeness (QED) is 0.216. The van der Waals surface area contributed by atoms with Crippen molar-refractivity contribution in [2.75, 3.05) is 20.2 Å². The fourth-order valence-electron chi connectivity index (χ4n) is 6.99. The second-order valence-corrected chi connectivity index (χ2v) is 22.7. The molecule has 262 valence electrons. The maximum absolute atomic E-state index is 14.7. The van der Waals surface area contributed by atoms with Gasteiger partial charge in [-0.2, -0.15) is 0 Å². The molecule has 0 bridgehead atoms. The average Bonchev–Trinajstić information content (AvgIpc) is 3.47. The third-order valence-corrected chi connectivity index (χ3v) is 17.1. The molecular weight excluding hydrogens is 676 g/mol. The highest BCUT2D eigenvalue weighted by atomic mass is 35.5. The lowest BCUT2D eigenvalue weighted by molar-refractivity contribution is -0.134. The van der Waals surface area contributed by atoms with Crippen molar-refractivity contribution >= 4 is 54.4 Å². The number of carbonyl (C=O) groups excluding carboxylic acids is 1. The Labute approximate surface area is 304 Å². The molecule has 0 aromatic heterocycles. The van der Waals surface area contributed by atoms with Gasteiger partial charge in [-0.3, -0.25) is 4.79 Å². The van der Waals surface area contributed by atoms with Crippen LogP contribution in [-0.4, -0.2) is 72.4 Å². The van der Waals surface area contributed by atoms with E-state index in [1.165, 1.54) is 11.8 Å². The number of nitrogens with zero attached hydrogens (tertiary/aromatic N) is 4. The number of fused-ring (bicyclic) bond motifs is 1. The number of thioether (sulfide) groups is 1. The molecule has 0 N–H and O–H groups in total. The number of halogens is 2. The highest BCUT2D eigenvalue weighted by molar-refractivity contribution is 8.18. The summed E-state index contributed by atoms with van der Waals surface area (Å²) in [5.41, 5.74) is 2.63. The zero-order valence-corrected chi connectivity index (χ0v) is 33.9. The highest BCUT2D eigenvalue weighted by Gasteiger charge is 2.54. The van der Waals surface area contributed by atoms with Gasteiger partial charge in [-0.15, -0.1) is 0 Å². The van der Waals surface area contributed by atoms with E-state index >= 15 is 0 Å². The van der Waals surface area contributed by atoms with Crippen LogP contribution >= 0.6 is 35.0 Å². The van der Waals surface area contributed by atoms with Gasteiger partial charge in [0, 0.05) is 47.0 Å². The topological polar surface area (TPSA) is 48.4 Å². The van der Waals surface area contributed by atoms with Crippen LogP contribution in [-0.2, 0) is 14.8 Å². The number of amides is 1. The number of amidine groups is 1. The third-order valence-electron chi connectivity index (χ3n) is 11.0. The van der Waals surface area contributed by atoms with Crippen LogP contribution in [0.4, 0.5) is 0 Å². The predicted octanol–water partition coefficient (Wildman–Crippen LogP) is 9.96. The summed E-state index contributed by atoms with van der Waals surface area (Å²) < 4.78 is 6.46. The van der Waals surface area contributed by atoms with E-state index in [9.17, 15) is 4.79 Å². The molecule has 48 heavy (non-hydrogen) atoms. The summed E-state index contributed by atoms with van der Waals surface area (Å²) in [6.45, 7) is 24.0. The minimum atomic E-state index is -1.77. The van der Waals surface area contributed by atoms with E-state index in [0.717, 1.165) is 52.9 Å². The lowest BCUT2D eigenvalue weighted by Gasteiger charge is -2.48. The van der Waals surface area contributed by atoms with Gasteiger partial charge in [0.1, 0.15) is 10.4 Å². The van der Waals surface area contributed by atoms with Crippen molar-refractivity contribution in [2.24, 2.45) is 10.9 Å². The zero-order valence-electron chi connectivity index (χ0n) is 30.6. The molecule has 0 unspecified atom stereocenters. The highest BCUT2D eigenvalue weighted by Crippen LogP contribution is 2.56. The van der Waals surface area contributed by atoms with Crippen LogP contribution in [0, 0.1) is 5.92 Å². The Morgan fingerprint density at radius 1 is 1.02 bits per heavy atom. The number of benzene rings is 2. The van der Waals surface area contributed by atoms with Crippen molar-refractivity contribution in [3.05, 3.63) is 80.3 Å². The molecule has 3 aliphatic rings. The molecule has 2 heterocycles. The number of hydrogen-bond acceptors (Lipinski definition) is 6. The normalized spacial score (nSPS) is 24.5. The lowest BCUT2D eigenvalue weighted by Crippen LogP contribution is -2.57. The van der Waals surface area contributed by atoms with Crippen LogP contribution in [0.2, 0.25) is 28.2 Å². The van der Waals surface area contributed by atoms with E-state index in [1.54, 1.807) is 0 Å². The molecule has 2 aliphatic heterocycles. The Hall–Kier alpha value is -1.81. The van der Waals surface area contributed by atoms with Crippen LogP contribution in [0.15, 0.2) is 64.1 Å². The van der Waals surface area contributed by atoms with Gasteiger partial charge < -0.3 is 19.1 Å². The molecule has 10 heteroatoms. The number of likely N-dealkylation sites (N-methyl/N-ethyl adjacent to an activating group) is 1. The maximum atomic E-state index is 14.7. The molecule has 2 aromatic carbocycles. The van der Waals surface area contributed by atoms with Gasteiger partial charge in [0.05, 0.1) is 6.04 Å². The van der Waals surface area contributed by atoms with Crippen molar-refractivity contribution in [2.45, 2.75) is 116 Å². The Kier molecular flexibility index (Phi) is 11.0. The second kappa shape index (κ2) is 14.1. The minimum Gasteiger partial charge on any atom is -0.416 e. The summed E-state index contributed by atoms with van der Waals surface area (Å²) in [7, 11) is 0.427. The minimum absolute atomic E-state index is 0.0842. The Morgan fingerprint density at radius 3 is 2.10 bits per heavy atom. The molecular formula is C38H54Cl2N4O2SSi. The van der Waals surface area contributed by atoms with Crippen molar-refractivity contribution < 1.29 is 9.22 Å².